The molecular formula is C52H32N2. The van der Waals surface area contributed by atoms with Crippen LogP contribution < -0.4 is 0 Å². The van der Waals surface area contributed by atoms with E-state index in [2.05, 4.69) is 137 Å². The first-order valence-electron chi connectivity index (χ1n) is 18.5. The van der Waals surface area contributed by atoms with Gasteiger partial charge in [-0.15, -0.1) is 0 Å². The lowest BCUT2D eigenvalue weighted by atomic mass is 9.81. The van der Waals surface area contributed by atoms with Crippen molar-refractivity contribution in [2.75, 3.05) is 0 Å². The maximum Gasteiger partial charge on any atom is 0.0991 e. The molecule has 250 valence electrons. The van der Waals surface area contributed by atoms with Gasteiger partial charge < -0.3 is 0 Å². The van der Waals surface area contributed by atoms with E-state index in [0.29, 0.717) is 11.1 Å². The molecule has 0 fully saturated rings. The van der Waals surface area contributed by atoms with Gasteiger partial charge in [0, 0.05) is 0 Å². The molecule has 0 bridgehead atoms. The van der Waals surface area contributed by atoms with Crippen molar-refractivity contribution in [3.05, 3.63) is 155 Å². The van der Waals surface area contributed by atoms with Crippen LogP contribution in [0.15, 0.2) is 121 Å². The van der Waals surface area contributed by atoms with E-state index in [4.69, 9.17) is 0 Å². The molecule has 0 atom stereocenters. The van der Waals surface area contributed by atoms with Crippen molar-refractivity contribution < 1.29 is 0 Å². The highest BCUT2D eigenvalue weighted by Crippen LogP contribution is 2.55. The summed E-state index contributed by atoms with van der Waals surface area (Å²) < 4.78 is 0. The molecule has 0 radical (unpaired) electrons. The van der Waals surface area contributed by atoms with Gasteiger partial charge in [-0.3, -0.25) is 0 Å². The van der Waals surface area contributed by atoms with Gasteiger partial charge in [-0.05, 0) is 201 Å². The summed E-state index contributed by atoms with van der Waals surface area (Å²) in [7, 11) is 0. The van der Waals surface area contributed by atoms with Crippen molar-refractivity contribution in [3.63, 3.8) is 0 Å². The number of benzene rings is 9. The summed E-state index contributed by atoms with van der Waals surface area (Å²) in [5.74, 6) is 0. The molecule has 0 unspecified atom stereocenters. The molecule has 0 heterocycles. The van der Waals surface area contributed by atoms with Gasteiger partial charge in [0.15, 0.2) is 0 Å². The quantitative estimate of drug-likeness (QED) is 0.170. The second-order valence-corrected chi connectivity index (χ2v) is 15.2. The van der Waals surface area contributed by atoms with Crippen molar-refractivity contribution in [2.24, 2.45) is 0 Å². The highest BCUT2D eigenvalue weighted by Gasteiger charge is 2.27. The molecule has 54 heavy (non-hydrogen) atoms. The molecule has 0 amide bonds. The summed E-state index contributed by atoms with van der Waals surface area (Å²) in [4.78, 5) is 0. The van der Waals surface area contributed by atoms with Crippen molar-refractivity contribution in [1.29, 1.82) is 10.5 Å². The molecule has 11 aromatic carbocycles. The molecule has 11 rings (SSSR count). The van der Waals surface area contributed by atoms with Gasteiger partial charge in [0.2, 0.25) is 0 Å². The summed E-state index contributed by atoms with van der Waals surface area (Å²) >= 11 is 0. The lowest BCUT2D eigenvalue weighted by Gasteiger charge is -2.22. The van der Waals surface area contributed by atoms with Crippen LogP contribution in [-0.4, -0.2) is 0 Å². The van der Waals surface area contributed by atoms with Crippen molar-refractivity contribution >= 4 is 86.2 Å². The Bertz CT molecular complexity index is 3500. The second kappa shape index (κ2) is 10.8. The predicted molar refractivity (Wildman–Crippen MR) is 228 cm³/mol. The Hall–Kier alpha value is -7.00. The minimum absolute atomic E-state index is 0.676. The van der Waals surface area contributed by atoms with Crippen LogP contribution in [0.25, 0.3) is 108 Å². The largest absolute Gasteiger partial charge is 0.192 e. The van der Waals surface area contributed by atoms with E-state index in [1.807, 2.05) is 24.3 Å². The highest BCUT2D eigenvalue weighted by atomic mass is 14.3. The van der Waals surface area contributed by atoms with E-state index >= 15 is 0 Å². The third kappa shape index (κ3) is 3.87. The second-order valence-electron chi connectivity index (χ2n) is 15.2. The van der Waals surface area contributed by atoms with Crippen molar-refractivity contribution in [3.8, 4) is 34.4 Å². The Morgan fingerprint density at radius 1 is 0.315 bits per heavy atom. The van der Waals surface area contributed by atoms with Gasteiger partial charge in [0.1, 0.15) is 0 Å². The van der Waals surface area contributed by atoms with Crippen LogP contribution in [-0.2, 0) is 0 Å². The minimum atomic E-state index is 0.676. The molecule has 0 aliphatic carbocycles. The smallest absolute Gasteiger partial charge is 0.0991 e. The predicted octanol–water partition coefficient (Wildman–Crippen LogP) is 14.1. The zero-order valence-electron chi connectivity index (χ0n) is 30.4. The van der Waals surface area contributed by atoms with Gasteiger partial charge in [-0.2, -0.15) is 10.5 Å². The molecule has 0 N–H and O–H groups in total. The van der Waals surface area contributed by atoms with Gasteiger partial charge in [0.25, 0.3) is 0 Å². The maximum atomic E-state index is 10.0. The third-order valence-electron chi connectivity index (χ3n) is 12.2. The van der Waals surface area contributed by atoms with Crippen molar-refractivity contribution in [1.82, 2.24) is 0 Å². The molecule has 2 nitrogen and oxygen atoms in total. The molecular weight excluding hydrogens is 653 g/mol. The van der Waals surface area contributed by atoms with E-state index < -0.39 is 0 Å². The van der Waals surface area contributed by atoms with E-state index in [-0.39, 0.29) is 0 Å². The zero-order valence-corrected chi connectivity index (χ0v) is 30.4. The first kappa shape index (κ1) is 30.6. The molecule has 0 aliphatic heterocycles. The number of hydrogen-bond donors (Lipinski definition) is 0. The molecule has 0 aliphatic rings. The Morgan fingerprint density at radius 2 is 0.741 bits per heavy atom. The van der Waals surface area contributed by atoms with Crippen LogP contribution in [0.1, 0.15) is 33.4 Å². The Balaban J connectivity index is 1.48. The van der Waals surface area contributed by atoms with E-state index in [1.165, 1.54) is 108 Å². The minimum Gasteiger partial charge on any atom is -0.192 e. The fourth-order valence-corrected chi connectivity index (χ4v) is 10.2. The lowest BCUT2D eigenvalue weighted by molar-refractivity contribution is 1.35. The molecule has 0 saturated heterocycles. The molecule has 11 aromatic rings. The van der Waals surface area contributed by atoms with Crippen LogP contribution >= 0.6 is 0 Å². The van der Waals surface area contributed by atoms with E-state index in [9.17, 15) is 10.5 Å². The summed E-state index contributed by atoms with van der Waals surface area (Å²) in [5, 5.41) is 40.0. The number of hydrogen-bond acceptors (Lipinski definition) is 2. The topological polar surface area (TPSA) is 47.6 Å². The van der Waals surface area contributed by atoms with Gasteiger partial charge in [-0.1, -0.05) is 78.9 Å². The molecule has 0 spiro atoms. The van der Waals surface area contributed by atoms with E-state index in [0.717, 1.165) is 22.3 Å². The number of fused-ring (bicyclic) bond motifs is 9. The van der Waals surface area contributed by atoms with Crippen LogP contribution in [0.5, 0.6) is 0 Å². The average molecular weight is 685 g/mol. The van der Waals surface area contributed by atoms with Crippen LogP contribution in [0.3, 0.4) is 0 Å². The van der Waals surface area contributed by atoms with Gasteiger partial charge in [-0.25, -0.2) is 0 Å². The highest BCUT2D eigenvalue weighted by molar-refractivity contribution is 6.42. The first-order valence-corrected chi connectivity index (χ1v) is 18.5. The summed E-state index contributed by atoms with van der Waals surface area (Å²) in [6.07, 6.45) is 0. The number of nitrogens with zero attached hydrogens (tertiary/aromatic N) is 2. The average Bonchev–Trinajstić information content (AvgIpc) is 3.68. The van der Waals surface area contributed by atoms with Crippen LogP contribution in [0, 0.1) is 50.4 Å². The van der Waals surface area contributed by atoms with Gasteiger partial charge in [0.05, 0.1) is 23.3 Å². The van der Waals surface area contributed by atoms with E-state index in [1.54, 1.807) is 0 Å². The standard InChI is InChI=1S/C52H32N2/c1-27-18-31(25-53)19-28(2)45(27)51-43-23-40-37-15-9-14-36-35-13-6-5-10-34(35)22-42(48(36)37)41(40)24-44(43)52(46-29(3)20-32(26-54)21-30(46)4)50-39-17-8-12-33-11-7-16-38(47(33)39)49(50)51/h5-24H,1-4H3. The lowest BCUT2D eigenvalue weighted by Crippen LogP contribution is -1.97. The maximum absolute atomic E-state index is 10.0. The number of rotatable bonds is 2. The summed E-state index contributed by atoms with van der Waals surface area (Å²) in [5.41, 5.74) is 10.5. The third-order valence-corrected chi connectivity index (χ3v) is 12.2. The van der Waals surface area contributed by atoms with Crippen molar-refractivity contribution in [2.45, 2.75) is 27.7 Å². The summed E-state index contributed by atoms with van der Waals surface area (Å²) in [6, 6.07) is 49.2. The molecule has 0 saturated carbocycles. The Morgan fingerprint density at radius 3 is 1.28 bits per heavy atom. The normalized spacial score (nSPS) is 12.0. The molecule has 2 heteroatoms. The summed E-state index contributed by atoms with van der Waals surface area (Å²) in [6.45, 7) is 8.62. The Kier molecular flexibility index (Phi) is 6.11. The monoisotopic (exact) mass is 684 g/mol. The fraction of sp³-hybridized carbons (Fsp3) is 0.0769. The molecule has 0 aromatic heterocycles. The zero-order chi connectivity index (χ0) is 36.6. The van der Waals surface area contributed by atoms with Gasteiger partial charge >= 0.3 is 0 Å². The number of nitriles is 2. The van der Waals surface area contributed by atoms with Crippen LogP contribution in [0.2, 0.25) is 0 Å². The fourth-order valence-electron chi connectivity index (χ4n) is 10.2. The first-order chi connectivity index (χ1) is 26.4. The SMILES string of the molecule is Cc1cc(C#N)cc(C)c1-c1c2cc3c(cc2c(-c2c(C)cc(C#N)cc2C)c2c4cccc5cccc(c12)c54)c1cc2ccccc2c2cccc3c21. The Labute approximate surface area is 312 Å². The van der Waals surface area contributed by atoms with Crippen LogP contribution in [0.4, 0.5) is 0 Å². The number of aryl methyl sites for hydroxylation is 4.